The van der Waals surface area contributed by atoms with Gasteiger partial charge in [-0.2, -0.15) is 0 Å². The molecular formula is C19H20N5O4+. The molecule has 2 aliphatic rings. The molecule has 0 saturated carbocycles. The first-order valence-electron chi connectivity index (χ1n) is 8.98. The van der Waals surface area contributed by atoms with E-state index in [1.54, 1.807) is 12.1 Å². The number of nitrogens with one attached hydrogen (secondary N) is 1. The maximum Gasteiger partial charge on any atom is 0.502 e. The van der Waals surface area contributed by atoms with Crippen molar-refractivity contribution in [1.82, 2.24) is 10.2 Å². The molecule has 28 heavy (non-hydrogen) atoms. The molecule has 0 aliphatic carbocycles. The second kappa shape index (κ2) is 7.26. The van der Waals surface area contributed by atoms with Gasteiger partial charge in [0.05, 0.1) is 12.8 Å². The summed E-state index contributed by atoms with van der Waals surface area (Å²) in [6, 6.07) is 11.3. The lowest BCUT2D eigenvalue weighted by Crippen LogP contribution is -2.53. The van der Waals surface area contributed by atoms with Gasteiger partial charge in [0.15, 0.2) is 0 Å². The number of amides is 3. The van der Waals surface area contributed by atoms with Crippen LogP contribution < -0.4 is 10.2 Å². The third kappa shape index (κ3) is 3.38. The molecule has 1 aromatic carbocycles. The minimum absolute atomic E-state index is 0.201. The van der Waals surface area contributed by atoms with Crippen LogP contribution in [0, 0.1) is 6.92 Å². The Bertz CT molecular complexity index is 936. The Hall–Kier alpha value is -3.49. The van der Waals surface area contributed by atoms with Gasteiger partial charge in [-0.05, 0) is 35.9 Å². The van der Waals surface area contributed by atoms with E-state index in [1.807, 2.05) is 36.1 Å². The summed E-state index contributed by atoms with van der Waals surface area (Å²) in [6.45, 7) is 2.85. The van der Waals surface area contributed by atoms with Crippen LogP contribution >= 0.6 is 0 Å². The smallest absolute Gasteiger partial charge is 0.467 e. The first kappa shape index (κ1) is 17.9. The molecule has 3 amide bonds. The van der Waals surface area contributed by atoms with Crippen LogP contribution in [0.5, 0.6) is 0 Å². The lowest BCUT2D eigenvalue weighted by atomic mass is 10.2. The fraction of sp³-hybridized carbons (Fsp3) is 0.316. The van der Waals surface area contributed by atoms with Crippen molar-refractivity contribution in [2.24, 2.45) is 5.11 Å². The molecule has 2 aliphatic heterocycles. The van der Waals surface area contributed by atoms with Crippen molar-refractivity contribution >= 4 is 23.4 Å². The number of anilines is 1. The van der Waals surface area contributed by atoms with E-state index >= 15 is 0 Å². The van der Waals surface area contributed by atoms with E-state index in [4.69, 9.17) is 4.42 Å². The van der Waals surface area contributed by atoms with Crippen LogP contribution in [0.25, 0.3) is 0 Å². The highest BCUT2D eigenvalue weighted by Gasteiger charge is 2.49. The third-order valence-corrected chi connectivity index (χ3v) is 4.76. The summed E-state index contributed by atoms with van der Waals surface area (Å²) in [4.78, 5) is 40.4. The lowest BCUT2D eigenvalue weighted by Gasteiger charge is -2.27. The van der Waals surface area contributed by atoms with Crippen molar-refractivity contribution in [2.45, 2.75) is 19.8 Å². The number of azo groups is 2. The highest BCUT2D eigenvalue weighted by atomic mass is 16.3. The Balaban J connectivity index is 1.51. The second-order valence-electron chi connectivity index (χ2n) is 6.71. The molecule has 1 N–H and O–H groups in total. The van der Waals surface area contributed by atoms with Crippen molar-refractivity contribution in [2.75, 3.05) is 24.5 Å². The van der Waals surface area contributed by atoms with Gasteiger partial charge in [0.2, 0.25) is 0 Å². The van der Waals surface area contributed by atoms with Crippen LogP contribution in [0.2, 0.25) is 0 Å². The fourth-order valence-electron chi connectivity index (χ4n) is 3.26. The first-order valence-corrected chi connectivity index (χ1v) is 8.98. The summed E-state index contributed by atoms with van der Waals surface area (Å²) in [6.07, 6.45) is 0.878. The Morgan fingerprint density at radius 2 is 1.96 bits per heavy atom. The molecule has 2 aromatic rings. The van der Waals surface area contributed by atoms with Crippen molar-refractivity contribution in [3.63, 3.8) is 0 Å². The number of carbonyl (C=O) groups excluding carboxylic acids is 3. The number of carbonyl (C=O) groups is 3. The van der Waals surface area contributed by atoms with Crippen LogP contribution in [0.3, 0.4) is 0 Å². The number of hydrogen-bond acceptors (Lipinski definition) is 6. The molecule has 1 fully saturated rings. The third-order valence-electron chi connectivity index (χ3n) is 4.76. The van der Waals surface area contributed by atoms with E-state index in [2.05, 4.69) is 10.4 Å². The molecule has 4 rings (SSSR count). The second-order valence-corrected chi connectivity index (χ2v) is 6.71. The van der Waals surface area contributed by atoms with Gasteiger partial charge in [0.25, 0.3) is 18.7 Å². The van der Waals surface area contributed by atoms with E-state index in [0.29, 0.717) is 18.8 Å². The maximum atomic E-state index is 12.5. The fourth-order valence-corrected chi connectivity index (χ4v) is 3.26. The average Bonchev–Trinajstić information content (AvgIpc) is 3.35. The van der Waals surface area contributed by atoms with Gasteiger partial charge >= 0.3 is 11.8 Å². The molecule has 9 heteroatoms. The molecule has 1 saturated heterocycles. The number of hydrogen-bond donors (Lipinski definition) is 1. The summed E-state index contributed by atoms with van der Waals surface area (Å²) >= 11 is 0. The standard InChI is InChI=1S/C19H19N5O4/c1-13-4-6-14(7-5-13)22-8-9-23-17(26)18(27)24(21-19(22)23)12-16(25)20-11-15-3-2-10-28-15/h2-7,10,19H,8-9,11-12H2,1H3/p+1. The van der Waals surface area contributed by atoms with E-state index in [9.17, 15) is 14.4 Å². The Labute approximate surface area is 161 Å². The molecule has 144 valence electrons. The molecule has 3 heterocycles. The van der Waals surface area contributed by atoms with Crippen molar-refractivity contribution < 1.29 is 23.5 Å². The topological polar surface area (TPSA) is 98.2 Å². The summed E-state index contributed by atoms with van der Waals surface area (Å²) in [7, 11) is 0. The largest absolute Gasteiger partial charge is 0.502 e. The zero-order valence-corrected chi connectivity index (χ0v) is 15.4. The molecule has 0 bridgehead atoms. The zero-order valence-electron chi connectivity index (χ0n) is 15.4. The number of benzene rings is 1. The van der Waals surface area contributed by atoms with Gasteiger partial charge < -0.3 is 14.6 Å². The molecule has 0 radical (unpaired) electrons. The highest BCUT2D eigenvalue weighted by Crippen LogP contribution is 2.27. The average molecular weight is 382 g/mol. The SMILES string of the molecule is Cc1ccc(N2CCN3C(=O)C(=O)[N+](CC(=O)NCc4ccco4)=NC32)cc1. The first-order chi connectivity index (χ1) is 13.5. The predicted octanol–water partition coefficient (Wildman–Crippen LogP) is 0.842. The number of fused-ring (bicyclic) bond motifs is 1. The van der Waals surface area contributed by atoms with E-state index in [-0.39, 0.29) is 13.1 Å². The summed E-state index contributed by atoms with van der Waals surface area (Å²) in [5.41, 5.74) is 2.03. The van der Waals surface area contributed by atoms with Gasteiger partial charge in [0, 0.05) is 23.9 Å². The van der Waals surface area contributed by atoms with Gasteiger partial charge in [-0.3, -0.25) is 14.5 Å². The molecule has 1 atom stereocenters. The number of rotatable bonds is 5. The summed E-state index contributed by atoms with van der Waals surface area (Å²) in [5.74, 6) is -1.27. The van der Waals surface area contributed by atoms with Crippen LogP contribution in [-0.4, -0.2) is 53.2 Å². The van der Waals surface area contributed by atoms with Crippen molar-refractivity contribution in [3.8, 4) is 0 Å². The van der Waals surface area contributed by atoms with E-state index in [1.165, 1.54) is 11.2 Å². The Morgan fingerprint density at radius 3 is 2.68 bits per heavy atom. The predicted molar refractivity (Wildman–Crippen MR) is 97.1 cm³/mol. The van der Waals surface area contributed by atoms with Gasteiger partial charge in [0.1, 0.15) is 5.76 Å². The highest BCUT2D eigenvalue weighted by molar-refractivity contribution is 6.31. The van der Waals surface area contributed by atoms with E-state index in [0.717, 1.165) is 15.9 Å². The Kier molecular flexibility index (Phi) is 4.64. The van der Waals surface area contributed by atoms with Crippen molar-refractivity contribution in [3.05, 3.63) is 54.0 Å². The summed E-state index contributed by atoms with van der Waals surface area (Å²) in [5, 5.41) is 7.02. The monoisotopic (exact) mass is 382 g/mol. The van der Waals surface area contributed by atoms with Crippen LogP contribution in [0.4, 0.5) is 5.69 Å². The maximum absolute atomic E-state index is 12.5. The quantitative estimate of drug-likeness (QED) is 0.610. The minimum Gasteiger partial charge on any atom is -0.467 e. The molecule has 0 spiro atoms. The Morgan fingerprint density at radius 1 is 1.21 bits per heavy atom. The van der Waals surface area contributed by atoms with Crippen LogP contribution in [0.1, 0.15) is 11.3 Å². The lowest BCUT2D eigenvalue weighted by molar-refractivity contribution is -0.509. The van der Waals surface area contributed by atoms with Crippen molar-refractivity contribution in [1.29, 1.82) is 0 Å². The molecule has 1 unspecified atom stereocenters. The molecule has 9 nitrogen and oxygen atoms in total. The summed E-state index contributed by atoms with van der Waals surface area (Å²) < 4.78 is 6.11. The molecular weight excluding hydrogens is 362 g/mol. The van der Waals surface area contributed by atoms with Gasteiger partial charge in [-0.1, -0.05) is 17.7 Å². The normalized spacial score (nSPS) is 18.9. The van der Waals surface area contributed by atoms with Gasteiger partial charge in [-0.15, -0.1) is 0 Å². The minimum atomic E-state index is -0.796. The van der Waals surface area contributed by atoms with E-state index < -0.39 is 24.0 Å². The number of aryl methyl sites for hydroxylation is 1. The zero-order chi connectivity index (χ0) is 19.7. The van der Waals surface area contributed by atoms with Crippen LogP contribution in [-0.2, 0) is 20.9 Å². The van der Waals surface area contributed by atoms with Crippen LogP contribution in [0.15, 0.2) is 52.2 Å². The number of furan rings is 1. The number of nitrogens with zero attached hydrogens (tertiary/aromatic N) is 4. The molecule has 1 aromatic heterocycles. The van der Waals surface area contributed by atoms with Gasteiger partial charge in [-0.25, -0.2) is 4.79 Å².